The molecule has 0 amide bonds. The monoisotopic (exact) mass is 221 g/mol. The fourth-order valence-corrected chi connectivity index (χ4v) is 1.52. The highest BCUT2D eigenvalue weighted by Crippen LogP contribution is 2.17. The number of carbonyl (C=O) groups is 1. The van der Waals surface area contributed by atoms with E-state index in [-0.39, 0.29) is 0 Å². The first-order valence-corrected chi connectivity index (χ1v) is 5.44. The Bertz CT molecular complexity index is 366. The summed E-state index contributed by atoms with van der Waals surface area (Å²) in [6, 6.07) is 7.95. The van der Waals surface area contributed by atoms with E-state index < -0.39 is 11.5 Å². The number of nitrogens with two attached hydrogens (primary N) is 1. The van der Waals surface area contributed by atoms with Gasteiger partial charge in [-0.25, -0.2) is 0 Å². The molecule has 1 aromatic rings. The number of carboxylic acid groups (broad SMARTS) is 1. The predicted molar refractivity (Wildman–Crippen MR) is 64.5 cm³/mol. The molecule has 1 atom stereocenters. The number of hydrogen-bond donors (Lipinski definition) is 2. The Kier molecular flexibility index (Phi) is 3.70. The molecule has 3 heteroatoms. The van der Waals surface area contributed by atoms with E-state index in [1.807, 2.05) is 24.3 Å². The lowest BCUT2D eigenvalue weighted by Crippen LogP contribution is -2.46. The van der Waals surface area contributed by atoms with Crippen molar-refractivity contribution in [1.82, 2.24) is 0 Å². The molecule has 0 saturated carbocycles. The van der Waals surface area contributed by atoms with E-state index in [1.165, 1.54) is 12.5 Å². The molecule has 0 bridgehead atoms. The van der Waals surface area contributed by atoms with Crippen molar-refractivity contribution < 1.29 is 9.90 Å². The second-order valence-electron chi connectivity index (χ2n) is 4.80. The first-order valence-electron chi connectivity index (χ1n) is 5.44. The van der Waals surface area contributed by atoms with E-state index in [0.29, 0.717) is 12.3 Å². The van der Waals surface area contributed by atoms with E-state index in [0.717, 1.165) is 5.56 Å². The van der Waals surface area contributed by atoms with Gasteiger partial charge in [0.1, 0.15) is 5.54 Å². The van der Waals surface area contributed by atoms with Crippen LogP contribution in [0, 0.1) is 0 Å². The molecule has 3 N–H and O–H groups in total. The molecule has 0 radical (unpaired) electrons. The minimum atomic E-state index is -1.20. The average molecular weight is 221 g/mol. The zero-order valence-corrected chi connectivity index (χ0v) is 10.0. The van der Waals surface area contributed by atoms with Gasteiger partial charge in [0.15, 0.2) is 0 Å². The van der Waals surface area contributed by atoms with Gasteiger partial charge in [-0.05, 0) is 24.0 Å². The summed E-state index contributed by atoms with van der Waals surface area (Å²) in [4.78, 5) is 10.9. The highest BCUT2D eigenvalue weighted by atomic mass is 16.4. The summed E-state index contributed by atoms with van der Waals surface area (Å²) < 4.78 is 0. The van der Waals surface area contributed by atoms with Crippen molar-refractivity contribution in [2.24, 2.45) is 5.73 Å². The molecule has 0 aliphatic rings. The van der Waals surface area contributed by atoms with Crippen molar-refractivity contribution in [1.29, 1.82) is 0 Å². The van der Waals surface area contributed by atoms with Crippen LogP contribution in [0.15, 0.2) is 24.3 Å². The van der Waals surface area contributed by atoms with Gasteiger partial charge >= 0.3 is 5.97 Å². The van der Waals surface area contributed by atoms with Gasteiger partial charge in [-0.2, -0.15) is 0 Å². The van der Waals surface area contributed by atoms with Crippen LogP contribution in [0.3, 0.4) is 0 Å². The van der Waals surface area contributed by atoms with E-state index in [4.69, 9.17) is 10.8 Å². The lowest BCUT2D eigenvalue weighted by Gasteiger charge is -2.19. The van der Waals surface area contributed by atoms with Gasteiger partial charge in [0, 0.05) is 6.42 Å². The molecule has 0 aromatic heterocycles. The van der Waals surface area contributed by atoms with Crippen molar-refractivity contribution in [3.8, 4) is 0 Å². The minimum absolute atomic E-state index is 0.348. The summed E-state index contributed by atoms with van der Waals surface area (Å²) >= 11 is 0. The maximum Gasteiger partial charge on any atom is 0.323 e. The quantitative estimate of drug-likeness (QED) is 0.818. The molecule has 0 spiro atoms. The van der Waals surface area contributed by atoms with Gasteiger partial charge in [0.25, 0.3) is 0 Å². The predicted octanol–water partition coefficient (Wildman–Crippen LogP) is 2.15. The van der Waals surface area contributed by atoms with Crippen LogP contribution in [0.1, 0.15) is 37.8 Å². The smallest absolute Gasteiger partial charge is 0.323 e. The Labute approximate surface area is 96.3 Å². The maximum absolute atomic E-state index is 10.9. The number of aliphatic carboxylic acids is 1. The molecule has 0 aliphatic heterocycles. The fourth-order valence-electron chi connectivity index (χ4n) is 1.52. The zero-order valence-electron chi connectivity index (χ0n) is 10.0. The number of hydrogen-bond acceptors (Lipinski definition) is 2. The Morgan fingerprint density at radius 3 is 2.25 bits per heavy atom. The first kappa shape index (κ1) is 12.7. The molecule has 3 nitrogen and oxygen atoms in total. The Morgan fingerprint density at radius 2 is 1.88 bits per heavy atom. The molecule has 1 rings (SSSR count). The van der Waals surface area contributed by atoms with E-state index in [9.17, 15) is 4.79 Å². The second-order valence-corrected chi connectivity index (χ2v) is 4.80. The van der Waals surface area contributed by atoms with Crippen LogP contribution in [0.2, 0.25) is 0 Å². The van der Waals surface area contributed by atoms with Gasteiger partial charge < -0.3 is 10.8 Å². The molecule has 0 saturated heterocycles. The second kappa shape index (κ2) is 4.66. The van der Waals surface area contributed by atoms with Crippen LogP contribution in [-0.4, -0.2) is 16.6 Å². The summed E-state index contributed by atoms with van der Waals surface area (Å²) in [6.07, 6.45) is 0.348. The highest BCUT2D eigenvalue weighted by molar-refractivity contribution is 5.78. The van der Waals surface area contributed by atoms with E-state index in [1.54, 1.807) is 0 Å². The van der Waals surface area contributed by atoms with Crippen molar-refractivity contribution in [2.45, 2.75) is 38.6 Å². The third kappa shape index (κ3) is 3.07. The SMILES string of the molecule is CC(C)c1ccc(CC(C)(N)C(=O)O)cc1. The summed E-state index contributed by atoms with van der Waals surface area (Å²) in [7, 11) is 0. The summed E-state index contributed by atoms with van der Waals surface area (Å²) in [6.45, 7) is 5.78. The largest absolute Gasteiger partial charge is 0.480 e. The fraction of sp³-hybridized carbons (Fsp3) is 0.462. The first-order chi connectivity index (χ1) is 7.33. The van der Waals surface area contributed by atoms with Crippen molar-refractivity contribution in [3.05, 3.63) is 35.4 Å². The van der Waals surface area contributed by atoms with Crippen molar-refractivity contribution in [3.63, 3.8) is 0 Å². The summed E-state index contributed by atoms with van der Waals surface area (Å²) in [5.41, 5.74) is 6.70. The minimum Gasteiger partial charge on any atom is -0.480 e. The van der Waals surface area contributed by atoms with Crippen molar-refractivity contribution in [2.75, 3.05) is 0 Å². The van der Waals surface area contributed by atoms with Crippen LogP contribution >= 0.6 is 0 Å². The molecule has 1 aromatic carbocycles. The molecule has 0 heterocycles. The Balaban J connectivity index is 2.80. The zero-order chi connectivity index (χ0) is 12.3. The number of carboxylic acids is 1. The van der Waals surface area contributed by atoms with Gasteiger partial charge in [-0.1, -0.05) is 38.1 Å². The Morgan fingerprint density at radius 1 is 1.38 bits per heavy atom. The van der Waals surface area contributed by atoms with Crippen LogP contribution in [0.4, 0.5) is 0 Å². The lowest BCUT2D eigenvalue weighted by molar-refractivity contribution is -0.142. The lowest BCUT2D eigenvalue weighted by atomic mass is 9.92. The normalized spacial score (nSPS) is 14.8. The molecule has 88 valence electrons. The van der Waals surface area contributed by atoms with E-state index in [2.05, 4.69) is 13.8 Å². The van der Waals surface area contributed by atoms with Gasteiger partial charge in [-0.3, -0.25) is 4.79 Å². The third-order valence-electron chi connectivity index (χ3n) is 2.71. The molecular weight excluding hydrogens is 202 g/mol. The summed E-state index contributed by atoms with van der Waals surface area (Å²) in [5, 5.41) is 8.92. The van der Waals surface area contributed by atoms with Crippen LogP contribution in [-0.2, 0) is 11.2 Å². The standard InChI is InChI=1S/C13H19NO2/c1-9(2)11-6-4-10(5-7-11)8-13(3,14)12(15)16/h4-7,9H,8,14H2,1-3H3,(H,15,16). The average Bonchev–Trinajstić information content (AvgIpc) is 2.17. The van der Waals surface area contributed by atoms with Gasteiger partial charge in [-0.15, -0.1) is 0 Å². The summed E-state index contributed by atoms with van der Waals surface area (Å²) in [5.74, 6) is -0.488. The molecule has 16 heavy (non-hydrogen) atoms. The maximum atomic E-state index is 10.9. The number of rotatable bonds is 4. The topological polar surface area (TPSA) is 63.3 Å². The van der Waals surface area contributed by atoms with Gasteiger partial charge in [0.05, 0.1) is 0 Å². The Hall–Kier alpha value is -1.35. The van der Waals surface area contributed by atoms with Crippen LogP contribution in [0.25, 0.3) is 0 Å². The van der Waals surface area contributed by atoms with E-state index >= 15 is 0 Å². The molecule has 0 fully saturated rings. The number of benzene rings is 1. The van der Waals surface area contributed by atoms with Crippen molar-refractivity contribution >= 4 is 5.97 Å². The van der Waals surface area contributed by atoms with Gasteiger partial charge in [0.2, 0.25) is 0 Å². The molecular formula is C13H19NO2. The molecule has 0 aliphatic carbocycles. The highest BCUT2D eigenvalue weighted by Gasteiger charge is 2.27. The molecule has 1 unspecified atom stereocenters. The van der Waals surface area contributed by atoms with Crippen LogP contribution < -0.4 is 5.73 Å². The van der Waals surface area contributed by atoms with Crippen LogP contribution in [0.5, 0.6) is 0 Å². The third-order valence-corrected chi connectivity index (χ3v) is 2.71.